The summed E-state index contributed by atoms with van der Waals surface area (Å²) in [5, 5.41) is 50.2. The number of benzene rings is 1. The molecule has 122 valence electrons. The van der Waals surface area contributed by atoms with Crippen LogP contribution >= 0.6 is 11.6 Å². The van der Waals surface area contributed by atoms with Gasteiger partial charge in [0.05, 0.1) is 12.8 Å². The fraction of sp³-hybridized carbons (Fsp3) is 0.385. The van der Waals surface area contributed by atoms with Crippen molar-refractivity contribution in [1.29, 1.82) is 0 Å². The molecule has 22 heavy (non-hydrogen) atoms. The van der Waals surface area contributed by atoms with Crippen LogP contribution in [0.1, 0.15) is 5.56 Å². The van der Waals surface area contributed by atoms with E-state index in [0.717, 1.165) is 0 Å². The number of nitrogens with one attached hydrogen (secondary N) is 1. The molecular formula is C13H17ClN2O6. The highest BCUT2D eigenvalue weighted by Crippen LogP contribution is 2.12. The zero-order chi connectivity index (χ0) is 16.7. The van der Waals surface area contributed by atoms with E-state index in [1.54, 1.807) is 24.3 Å². The van der Waals surface area contributed by atoms with Crippen molar-refractivity contribution in [2.45, 2.75) is 24.4 Å². The van der Waals surface area contributed by atoms with Crippen molar-refractivity contribution in [3.63, 3.8) is 0 Å². The first kappa shape index (κ1) is 18.5. The lowest BCUT2D eigenvalue weighted by Gasteiger charge is -2.24. The molecule has 0 aliphatic rings. The number of nitrogens with zero attached hydrogens (tertiary/aromatic N) is 1. The molecule has 0 aliphatic heterocycles. The summed E-state index contributed by atoms with van der Waals surface area (Å²) in [7, 11) is 0. The van der Waals surface area contributed by atoms with Crippen LogP contribution in [-0.2, 0) is 4.79 Å². The molecule has 0 bridgehead atoms. The zero-order valence-electron chi connectivity index (χ0n) is 11.4. The smallest absolute Gasteiger partial charge is 0.271 e. The van der Waals surface area contributed by atoms with Gasteiger partial charge in [0.2, 0.25) is 0 Å². The molecule has 0 aliphatic carbocycles. The molecule has 0 unspecified atom stereocenters. The Labute approximate surface area is 131 Å². The third kappa shape index (κ3) is 5.02. The maximum atomic E-state index is 11.6. The lowest BCUT2D eigenvalue weighted by molar-refractivity contribution is -0.148. The highest BCUT2D eigenvalue weighted by molar-refractivity contribution is 6.33. The van der Waals surface area contributed by atoms with Crippen LogP contribution in [0.3, 0.4) is 0 Å². The minimum atomic E-state index is -2.04. The molecule has 0 fully saturated rings. The van der Waals surface area contributed by atoms with E-state index in [0.29, 0.717) is 10.6 Å². The molecule has 0 spiro atoms. The maximum absolute atomic E-state index is 11.6. The van der Waals surface area contributed by atoms with Crippen molar-refractivity contribution in [3.8, 4) is 0 Å². The Kier molecular flexibility index (Phi) is 7.39. The molecule has 1 amide bonds. The topological polar surface area (TPSA) is 143 Å². The van der Waals surface area contributed by atoms with Crippen LogP contribution in [0.25, 0.3) is 0 Å². The van der Waals surface area contributed by atoms with Crippen LogP contribution < -0.4 is 5.43 Å². The molecule has 0 radical (unpaired) electrons. The number of aliphatic hydroxyl groups is 5. The Morgan fingerprint density at radius 2 is 1.86 bits per heavy atom. The predicted molar refractivity (Wildman–Crippen MR) is 78.3 cm³/mol. The Morgan fingerprint density at radius 1 is 1.23 bits per heavy atom. The Hall–Kier alpha value is -1.55. The average Bonchev–Trinajstić information content (AvgIpc) is 2.53. The second kappa shape index (κ2) is 8.79. The second-order valence-corrected chi connectivity index (χ2v) is 4.84. The number of carbonyl (C=O) groups is 1. The lowest BCUT2D eigenvalue weighted by Crippen LogP contribution is -2.50. The van der Waals surface area contributed by atoms with Crippen LogP contribution in [0.5, 0.6) is 0 Å². The van der Waals surface area contributed by atoms with Gasteiger partial charge in [-0.05, 0) is 6.07 Å². The molecule has 0 saturated heterocycles. The molecule has 0 heterocycles. The Balaban J connectivity index is 2.59. The summed E-state index contributed by atoms with van der Waals surface area (Å²) in [6.45, 7) is -0.836. The van der Waals surface area contributed by atoms with E-state index in [9.17, 15) is 20.1 Å². The van der Waals surface area contributed by atoms with Crippen molar-refractivity contribution >= 4 is 23.7 Å². The van der Waals surface area contributed by atoms with E-state index < -0.39 is 36.9 Å². The summed E-state index contributed by atoms with van der Waals surface area (Å²) in [5.41, 5.74) is 2.48. The Bertz CT molecular complexity index is 527. The highest BCUT2D eigenvalue weighted by atomic mass is 35.5. The monoisotopic (exact) mass is 332 g/mol. The minimum absolute atomic E-state index is 0.405. The maximum Gasteiger partial charge on any atom is 0.271 e. The summed E-state index contributed by atoms with van der Waals surface area (Å²) in [5.74, 6) is -1.10. The van der Waals surface area contributed by atoms with E-state index in [4.69, 9.17) is 21.8 Å². The SMILES string of the molecule is O=C(N/N=C/c1ccccc1Cl)[C@@H](O)[C@H](O)[C@H](O)[C@H](O)CO. The van der Waals surface area contributed by atoms with E-state index in [1.807, 2.05) is 5.43 Å². The summed E-state index contributed by atoms with van der Waals surface area (Å²) in [6.07, 6.45) is -6.38. The summed E-state index contributed by atoms with van der Waals surface area (Å²) in [4.78, 5) is 11.6. The number of carbonyl (C=O) groups excluding carboxylic acids is 1. The van der Waals surface area contributed by atoms with Crippen molar-refractivity contribution in [3.05, 3.63) is 34.9 Å². The first-order valence-electron chi connectivity index (χ1n) is 6.29. The van der Waals surface area contributed by atoms with Gasteiger partial charge < -0.3 is 25.5 Å². The van der Waals surface area contributed by atoms with Crippen molar-refractivity contribution in [1.82, 2.24) is 5.43 Å². The van der Waals surface area contributed by atoms with Gasteiger partial charge in [0.1, 0.15) is 18.3 Å². The second-order valence-electron chi connectivity index (χ2n) is 4.43. The molecule has 4 atom stereocenters. The van der Waals surface area contributed by atoms with E-state index in [-0.39, 0.29) is 0 Å². The van der Waals surface area contributed by atoms with Crippen molar-refractivity contribution in [2.24, 2.45) is 5.10 Å². The van der Waals surface area contributed by atoms with Gasteiger partial charge in [-0.25, -0.2) is 5.43 Å². The van der Waals surface area contributed by atoms with Crippen LogP contribution in [0.15, 0.2) is 29.4 Å². The average molecular weight is 333 g/mol. The van der Waals surface area contributed by atoms with Gasteiger partial charge in [-0.1, -0.05) is 29.8 Å². The van der Waals surface area contributed by atoms with Crippen molar-refractivity contribution in [2.75, 3.05) is 6.61 Å². The number of halogens is 1. The van der Waals surface area contributed by atoms with Crippen LogP contribution in [-0.4, -0.2) is 68.7 Å². The largest absolute Gasteiger partial charge is 0.394 e. The van der Waals surface area contributed by atoms with Gasteiger partial charge >= 0.3 is 0 Å². The predicted octanol–water partition coefficient (Wildman–Crippen LogP) is -1.77. The quantitative estimate of drug-likeness (QED) is 0.257. The molecule has 9 heteroatoms. The molecule has 1 rings (SSSR count). The van der Waals surface area contributed by atoms with Gasteiger partial charge in [-0.15, -0.1) is 0 Å². The normalized spacial score (nSPS) is 17.0. The van der Waals surface area contributed by atoms with Gasteiger partial charge in [-0.3, -0.25) is 4.79 Å². The van der Waals surface area contributed by atoms with E-state index >= 15 is 0 Å². The van der Waals surface area contributed by atoms with Gasteiger partial charge in [0.25, 0.3) is 5.91 Å². The lowest BCUT2D eigenvalue weighted by atomic mass is 10.0. The van der Waals surface area contributed by atoms with Crippen LogP contribution in [0.2, 0.25) is 5.02 Å². The summed E-state index contributed by atoms with van der Waals surface area (Å²) in [6, 6.07) is 6.69. The number of aliphatic hydroxyl groups excluding tert-OH is 5. The first-order chi connectivity index (χ1) is 10.4. The molecule has 1 aromatic rings. The van der Waals surface area contributed by atoms with E-state index in [1.165, 1.54) is 6.21 Å². The minimum Gasteiger partial charge on any atom is -0.394 e. The van der Waals surface area contributed by atoms with Crippen molar-refractivity contribution < 1.29 is 30.3 Å². The van der Waals surface area contributed by atoms with E-state index in [2.05, 4.69) is 5.10 Å². The fourth-order valence-electron chi connectivity index (χ4n) is 1.49. The molecule has 6 N–H and O–H groups in total. The fourth-order valence-corrected chi connectivity index (χ4v) is 1.67. The first-order valence-corrected chi connectivity index (χ1v) is 6.66. The third-order valence-electron chi connectivity index (χ3n) is 2.81. The summed E-state index contributed by atoms with van der Waals surface area (Å²) < 4.78 is 0. The van der Waals surface area contributed by atoms with Crippen LogP contribution in [0.4, 0.5) is 0 Å². The molecule has 0 aromatic heterocycles. The standard InChI is InChI=1S/C13H17ClN2O6/c14-8-4-2-1-3-7(8)5-15-16-13(22)12(21)11(20)10(19)9(18)6-17/h1-5,9-12,17-21H,6H2,(H,16,22)/b15-5+/t9-,10-,11-,12+/m1/s1. The molecule has 1 aromatic carbocycles. The van der Waals surface area contributed by atoms with Gasteiger partial charge in [0, 0.05) is 10.6 Å². The number of rotatable bonds is 7. The summed E-state index contributed by atoms with van der Waals surface area (Å²) >= 11 is 5.87. The number of hydrogen-bond donors (Lipinski definition) is 6. The molecule has 0 saturated carbocycles. The van der Waals surface area contributed by atoms with Gasteiger partial charge in [0.15, 0.2) is 6.10 Å². The number of hydrogen-bond acceptors (Lipinski definition) is 7. The Morgan fingerprint density at radius 3 is 2.45 bits per heavy atom. The molecule has 8 nitrogen and oxygen atoms in total. The third-order valence-corrected chi connectivity index (χ3v) is 3.15. The highest BCUT2D eigenvalue weighted by Gasteiger charge is 2.34. The van der Waals surface area contributed by atoms with Crippen LogP contribution in [0, 0.1) is 0 Å². The van der Waals surface area contributed by atoms with Gasteiger partial charge in [-0.2, -0.15) is 5.10 Å². The number of hydrazone groups is 1. The molecular weight excluding hydrogens is 316 g/mol. The zero-order valence-corrected chi connectivity index (χ0v) is 12.1. The number of amides is 1.